The molecule has 0 aliphatic carbocycles. The van der Waals surface area contributed by atoms with E-state index in [4.69, 9.17) is 0 Å². The van der Waals surface area contributed by atoms with E-state index in [9.17, 15) is 13.2 Å². The lowest BCUT2D eigenvalue weighted by Crippen LogP contribution is -2.06. The normalized spacial score (nSPS) is 12.0. The van der Waals surface area contributed by atoms with E-state index >= 15 is 0 Å². The molecule has 21 heavy (non-hydrogen) atoms. The molecular weight excluding hydrogens is 392 g/mol. The van der Waals surface area contributed by atoms with Crippen LogP contribution in [0.5, 0.6) is 0 Å². The zero-order valence-electron chi connectivity index (χ0n) is 10.7. The molecule has 3 rings (SSSR count). The molecule has 6 heteroatoms. The number of fused-ring (bicyclic) bond motifs is 1. The Bertz CT molecular complexity index is 776. The van der Waals surface area contributed by atoms with Crippen molar-refractivity contribution in [1.29, 1.82) is 0 Å². The fourth-order valence-electron chi connectivity index (χ4n) is 2.14. The van der Waals surface area contributed by atoms with E-state index in [0.717, 1.165) is 32.2 Å². The van der Waals surface area contributed by atoms with Gasteiger partial charge in [-0.15, -0.1) is 0 Å². The van der Waals surface area contributed by atoms with Crippen LogP contribution in [0.1, 0.15) is 11.1 Å². The van der Waals surface area contributed by atoms with Crippen LogP contribution in [0, 0.1) is 3.57 Å². The Hall–Kier alpha value is -1.57. The number of hydrogen-bond donors (Lipinski definition) is 0. The third kappa shape index (κ3) is 3.04. The lowest BCUT2D eigenvalue weighted by atomic mass is 10.1. The highest BCUT2D eigenvalue weighted by molar-refractivity contribution is 14.1. The number of hydrogen-bond acceptors (Lipinski definition) is 1. The van der Waals surface area contributed by atoms with Gasteiger partial charge in [0, 0.05) is 8.96 Å². The summed E-state index contributed by atoms with van der Waals surface area (Å²) < 4.78 is 40.5. The summed E-state index contributed by atoms with van der Waals surface area (Å²) in [6, 6.07) is 11.2. The molecule has 108 valence electrons. The SMILES string of the molecule is FC(F)(F)c1ccc(Cn2ncc3ccc(I)cc32)cc1. The Balaban J connectivity index is 1.90. The highest BCUT2D eigenvalue weighted by Gasteiger charge is 2.29. The smallest absolute Gasteiger partial charge is 0.260 e. The molecule has 0 spiro atoms. The van der Waals surface area contributed by atoms with Crippen LogP contribution in [0.25, 0.3) is 10.9 Å². The molecule has 0 fully saturated rings. The van der Waals surface area contributed by atoms with Crippen LogP contribution >= 0.6 is 22.6 Å². The second kappa shape index (κ2) is 5.32. The van der Waals surface area contributed by atoms with E-state index in [0.29, 0.717) is 6.54 Å². The van der Waals surface area contributed by atoms with Gasteiger partial charge in [0.2, 0.25) is 0 Å². The molecule has 0 N–H and O–H groups in total. The van der Waals surface area contributed by atoms with Gasteiger partial charge < -0.3 is 0 Å². The number of nitrogens with zero attached hydrogens (tertiary/aromatic N) is 2. The van der Waals surface area contributed by atoms with Gasteiger partial charge in [-0.3, -0.25) is 4.68 Å². The lowest BCUT2D eigenvalue weighted by Gasteiger charge is -2.08. The Morgan fingerprint density at radius 3 is 2.43 bits per heavy atom. The zero-order valence-corrected chi connectivity index (χ0v) is 12.9. The summed E-state index contributed by atoms with van der Waals surface area (Å²) in [5, 5.41) is 5.31. The summed E-state index contributed by atoms with van der Waals surface area (Å²) in [6.07, 6.45) is -2.54. The maximum Gasteiger partial charge on any atom is 0.416 e. The highest BCUT2D eigenvalue weighted by Crippen LogP contribution is 2.29. The van der Waals surface area contributed by atoms with Gasteiger partial charge in [0.1, 0.15) is 0 Å². The van der Waals surface area contributed by atoms with E-state index in [1.54, 1.807) is 10.9 Å². The molecule has 0 aliphatic rings. The van der Waals surface area contributed by atoms with Crippen molar-refractivity contribution >= 4 is 33.5 Å². The second-order valence-corrected chi connectivity index (χ2v) is 5.95. The Morgan fingerprint density at radius 2 is 1.76 bits per heavy atom. The van der Waals surface area contributed by atoms with Crippen molar-refractivity contribution in [3.8, 4) is 0 Å². The minimum atomic E-state index is -4.30. The van der Waals surface area contributed by atoms with Crippen molar-refractivity contribution in [2.45, 2.75) is 12.7 Å². The molecule has 0 bridgehead atoms. The molecule has 0 radical (unpaired) electrons. The van der Waals surface area contributed by atoms with Crippen LogP contribution in [0.3, 0.4) is 0 Å². The van der Waals surface area contributed by atoms with E-state index in [1.165, 1.54) is 12.1 Å². The van der Waals surface area contributed by atoms with Crippen LogP contribution < -0.4 is 0 Å². The predicted molar refractivity (Wildman–Crippen MR) is 83.0 cm³/mol. The third-order valence-corrected chi connectivity index (χ3v) is 3.89. The molecule has 0 saturated carbocycles. The van der Waals surface area contributed by atoms with Gasteiger partial charge in [-0.05, 0) is 52.4 Å². The quantitative estimate of drug-likeness (QED) is 0.568. The summed E-state index contributed by atoms with van der Waals surface area (Å²) >= 11 is 2.22. The largest absolute Gasteiger partial charge is 0.416 e. The molecule has 1 heterocycles. The number of aromatic nitrogens is 2. The van der Waals surface area contributed by atoms with Crippen molar-refractivity contribution in [3.63, 3.8) is 0 Å². The van der Waals surface area contributed by atoms with Crippen molar-refractivity contribution in [2.24, 2.45) is 0 Å². The monoisotopic (exact) mass is 402 g/mol. The minimum absolute atomic E-state index is 0.446. The molecule has 3 aromatic rings. The maximum atomic E-state index is 12.5. The van der Waals surface area contributed by atoms with E-state index < -0.39 is 11.7 Å². The van der Waals surface area contributed by atoms with E-state index in [1.807, 2.05) is 18.2 Å². The number of halogens is 4. The molecule has 2 aromatic carbocycles. The molecule has 0 atom stereocenters. The Labute approximate surface area is 132 Å². The van der Waals surface area contributed by atoms with Crippen molar-refractivity contribution < 1.29 is 13.2 Å². The first-order valence-corrected chi connectivity index (χ1v) is 7.28. The molecule has 1 aromatic heterocycles. The fraction of sp³-hybridized carbons (Fsp3) is 0.133. The first-order valence-electron chi connectivity index (χ1n) is 6.21. The topological polar surface area (TPSA) is 17.8 Å². The van der Waals surface area contributed by atoms with Crippen LogP contribution in [-0.2, 0) is 12.7 Å². The second-order valence-electron chi connectivity index (χ2n) is 4.70. The third-order valence-electron chi connectivity index (χ3n) is 3.22. The number of benzene rings is 2. The van der Waals surface area contributed by atoms with Gasteiger partial charge >= 0.3 is 6.18 Å². The lowest BCUT2D eigenvalue weighted by molar-refractivity contribution is -0.137. The number of alkyl halides is 3. The van der Waals surface area contributed by atoms with Crippen LogP contribution in [0.2, 0.25) is 0 Å². The van der Waals surface area contributed by atoms with Crippen molar-refractivity contribution in [3.05, 3.63) is 63.4 Å². The van der Waals surface area contributed by atoms with Crippen molar-refractivity contribution in [2.75, 3.05) is 0 Å². The van der Waals surface area contributed by atoms with Gasteiger partial charge in [0.25, 0.3) is 0 Å². The first-order chi connectivity index (χ1) is 9.93. The summed E-state index contributed by atoms with van der Waals surface area (Å²) in [4.78, 5) is 0. The molecular formula is C15H10F3IN2. The van der Waals surface area contributed by atoms with Crippen molar-refractivity contribution in [1.82, 2.24) is 9.78 Å². The first kappa shape index (κ1) is 14.4. The molecule has 2 nitrogen and oxygen atoms in total. The molecule has 0 saturated heterocycles. The van der Waals surface area contributed by atoms with Crippen LogP contribution in [0.4, 0.5) is 13.2 Å². The summed E-state index contributed by atoms with van der Waals surface area (Å²) in [5.41, 5.74) is 1.12. The molecule has 0 aliphatic heterocycles. The average molecular weight is 402 g/mol. The van der Waals surface area contributed by atoms with Crippen LogP contribution in [0.15, 0.2) is 48.7 Å². The summed E-state index contributed by atoms with van der Waals surface area (Å²) in [6.45, 7) is 0.446. The minimum Gasteiger partial charge on any atom is -0.260 e. The highest BCUT2D eigenvalue weighted by atomic mass is 127. The molecule has 0 amide bonds. The van der Waals surface area contributed by atoms with E-state index in [-0.39, 0.29) is 0 Å². The summed E-state index contributed by atoms with van der Waals surface area (Å²) in [5.74, 6) is 0. The van der Waals surface area contributed by atoms with Gasteiger partial charge in [-0.25, -0.2) is 0 Å². The average Bonchev–Trinajstić information content (AvgIpc) is 2.81. The molecule has 0 unspecified atom stereocenters. The zero-order chi connectivity index (χ0) is 15.0. The van der Waals surface area contributed by atoms with Gasteiger partial charge in [0.05, 0.1) is 23.8 Å². The van der Waals surface area contributed by atoms with E-state index in [2.05, 4.69) is 27.7 Å². The predicted octanol–water partition coefficient (Wildman–Crippen LogP) is 4.71. The summed E-state index contributed by atoms with van der Waals surface area (Å²) in [7, 11) is 0. The van der Waals surface area contributed by atoms with Gasteiger partial charge in [0.15, 0.2) is 0 Å². The standard InChI is InChI=1S/C15H10F3IN2/c16-15(17,18)12-4-1-10(2-5-12)9-21-14-7-13(19)6-3-11(14)8-20-21/h1-8H,9H2. The Morgan fingerprint density at radius 1 is 1.05 bits per heavy atom. The van der Waals surface area contributed by atoms with Gasteiger partial charge in [-0.1, -0.05) is 18.2 Å². The van der Waals surface area contributed by atoms with Crippen LogP contribution in [-0.4, -0.2) is 9.78 Å². The number of rotatable bonds is 2. The fourth-order valence-corrected chi connectivity index (χ4v) is 2.62. The maximum absolute atomic E-state index is 12.5. The van der Waals surface area contributed by atoms with Gasteiger partial charge in [-0.2, -0.15) is 18.3 Å². The Kier molecular flexibility index (Phi) is 3.64.